The molecule has 188 valence electrons. The second kappa shape index (κ2) is 9.07. The molecule has 0 N–H and O–H groups in total. The van der Waals surface area contributed by atoms with E-state index in [9.17, 15) is 4.39 Å². The van der Waals surface area contributed by atoms with E-state index in [-0.39, 0.29) is 0 Å². The van der Waals surface area contributed by atoms with Gasteiger partial charge in [0.05, 0.1) is 12.6 Å². The van der Waals surface area contributed by atoms with Crippen LogP contribution in [0.3, 0.4) is 0 Å². The number of pyridine rings is 1. The molecule has 0 radical (unpaired) electrons. The number of rotatable bonds is 4. The van der Waals surface area contributed by atoms with Gasteiger partial charge in [-0.2, -0.15) is 13.9 Å². The molecular formula is C34H25FN3O+. The average molecular weight is 511 g/mol. The fraction of sp³-hybridized carbons (Fsp3) is 0.0588. The third-order valence-corrected chi connectivity index (χ3v) is 7.34. The van der Waals surface area contributed by atoms with Gasteiger partial charge in [0.15, 0.2) is 0 Å². The minimum atomic E-state index is -0.551. The predicted molar refractivity (Wildman–Crippen MR) is 153 cm³/mol. The summed E-state index contributed by atoms with van der Waals surface area (Å²) in [6.07, 6.45) is 4.21. The summed E-state index contributed by atoms with van der Waals surface area (Å²) in [5.41, 5.74) is 8.79. The molecule has 7 rings (SSSR count). The summed E-state index contributed by atoms with van der Waals surface area (Å²) < 4.78 is 24.2. The van der Waals surface area contributed by atoms with Crippen molar-refractivity contribution in [2.75, 3.05) is 0 Å². The van der Waals surface area contributed by atoms with Gasteiger partial charge in [0.1, 0.15) is 23.7 Å². The van der Waals surface area contributed by atoms with Crippen molar-refractivity contribution in [2.45, 2.75) is 6.92 Å². The van der Waals surface area contributed by atoms with Gasteiger partial charge in [-0.15, -0.1) is 0 Å². The number of hydrogen-bond acceptors (Lipinski definition) is 2. The molecule has 0 atom stereocenters. The summed E-state index contributed by atoms with van der Waals surface area (Å²) in [5, 5.41) is 1.70. The molecule has 3 heterocycles. The number of nitrogens with zero attached hydrogens (tertiary/aromatic N) is 3. The van der Waals surface area contributed by atoms with E-state index in [1.807, 2.05) is 18.2 Å². The van der Waals surface area contributed by atoms with E-state index in [2.05, 4.69) is 113 Å². The minimum absolute atomic E-state index is 0.307. The number of fused-ring (bicyclic) bond motifs is 3. The lowest BCUT2D eigenvalue weighted by Crippen LogP contribution is -2.29. The molecule has 3 aromatic heterocycles. The number of furan rings is 1. The number of imidazole rings is 1. The maximum atomic E-state index is 13.8. The summed E-state index contributed by atoms with van der Waals surface area (Å²) in [7, 11) is 2.06. The van der Waals surface area contributed by atoms with Crippen molar-refractivity contribution in [3.05, 3.63) is 127 Å². The quantitative estimate of drug-likeness (QED) is 0.177. The highest BCUT2D eigenvalue weighted by Crippen LogP contribution is 2.39. The monoisotopic (exact) mass is 510 g/mol. The van der Waals surface area contributed by atoms with Crippen molar-refractivity contribution >= 4 is 22.1 Å². The van der Waals surface area contributed by atoms with Crippen LogP contribution in [-0.2, 0) is 7.05 Å². The van der Waals surface area contributed by atoms with Gasteiger partial charge < -0.3 is 4.42 Å². The van der Waals surface area contributed by atoms with Crippen molar-refractivity contribution < 1.29 is 13.4 Å². The van der Waals surface area contributed by atoms with E-state index in [0.717, 1.165) is 55.7 Å². The molecule has 0 fully saturated rings. The van der Waals surface area contributed by atoms with Crippen LogP contribution in [0.2, 0.25) is 0 Å². The maximum absolute atomic E-state index is 13.8. The number of aryl methyl sites for hydroxylation is 2. The van der Waals surface area contributed by atoms with Crippen molar-refractivity contribution in [1.82, 2.24) is 9.55 Å². The standard InChI is InChI=1S/C34H25FN3O/c1-22-20-30-29(27-16-17-31(35)36-33(27)39-30)21-28(22)34-37(2)18-19-38(34)32-25(23-10-5-3-6-11-23)14-9-15-26(32)24-12-7-4-8-13-24/h3-21H,1-2H3/q+1. The first-order chi connectivity index (χ1) is 19.1. The Morgan fingerprint density at radius 1 is 0.744 bits per heavy atom. The number of benzene rings is 4. The Labute approximate surface area is 225 Å². The molecule has 0 spiro atoms. The number of para-hydroxylation sites is 1. The molecule has 0 unspecified atom stereocenters. The molecule has 0 aliphatic heterocycles. The Hall–Kier alpha value is -5.03. The van der Waals surface area contributed by atoms with E-state index in [1.54, 1.807) is 6.07 Å². The van der Waals surface area contributed by atoms with Gasteiger partial charge in [0, 0.05) is 21.9 Å². The van der Waals surface area contributed by atoms with Crippen LogP contribution in [0, 0.1) is 12.9 Å². The van der Waals surface area contributed by atoms with Crippen LogP contribution in [0.4, 0.5) is 4.39 Å². The van der Waals surface area contributed by atoms with Crippen molar-refractivity contribution in [3.8, 4) is 39.3 Å². The molecule has 4 nitrogen and oxygen atoms in total. The largest absolute Gasteiger partial charge is 0.438 e. The predicted octanol–water partition coefficient (Wildman–Crippen LogP) is 8.04. The van der Waals surface area contributed by atoms with E-state index >= 15 is 0 Å². The lowest BCUT2D eigenvalue weighted by molar-refractivity contribution is -0.659. The molecule has 5 heteroatoms. The van der Waals surface area contributed by atoms with Crippen LogP contribution in [-0.4, -0.2) is 9.55 Å². The first-order valence-electron chi connectivity index (χ1n) is 12.9. The fourth-order valence-electron chi connectivity index (χ4n) is 5.50. The Bertz CT molecular complexity index is 1930. The zero-order valence-corrected chi connectivity index (χ0v) is 21.6. The minimum Gasteiger partial charge on any atom is -0.438 e. The summed E-state index contributed by atoms with van der Waals surface area (Å²) in [6, 6.07) is 34.7. The summed E-state index contributed by atoms with van der Waals surface area (Å²) in [4.78, 5) is 3.96. The number of aromatic nitrogens is 3. The summed E-state index contributed by atoms with van der Waals surface area (Å²) in [6.45, 7) is 2.08. The molecular weight excluding hydrogens is 485 g/mol. The maximum Gasteiger partial charge on any atom is 0.294 e. The smallest absolute Gasteiger partial charge is 0.294 e. The highest BCUT2D eigenvalue weighted by atomic mass is 19.1. The molecule has 0 aliphatic rings. The third-order valence-electron chi connectivity index (χ3n) is 7.34. The SMILES string of the molecule is Cc1cc2oc3nc(F)ccc3c2cc1-c1n(-c2c(-c3ccccc3)cccc2-c2ccccc2)cc[n+]1C. The lowest BCUT2D eigenvalue weighted by atomic mass is 9.95. The molecule has 0 amide bonds. The van der Waals surface area contributed by atoms with Gasteiger partial charge in [-0.3, -0.25) is 0 Å². The lowest BCUT2D eigenvalue weighted by Gasteiger charge is -2.15. The molecule has 0 aliphatic carbocycles. The Balaban J connectivity index is 1.53. The third kappa shape index (κ3) is 3.82. The van der Waals surface area contributed by atoms with Crippen molar-refractivity contribution in [3.63, 3.8) is 0 Å². The number of halogens is 1. The summed E-state index contributed by atoms with van der Waals surface area (Å²) >= 11 is 0. The first-order valence-corrected chi connectivity index (χ1v) is 12.9. The fourth-order valence-corrected chi connectivity index (χ4v) is 5.50. The second-order valence-electron chi connectivity index (χ2n) is 9.79. The van der Waals surface area contributed by atoms with Crippen LogP contribution < -0.4 is 4.57 Å². The summed E-state index contributed by atoms with van der Waals surface area (Å²) in [5.74, 6) is 0.476. The van der Waals surface area contributed by atoms with Crippen LogP contribution in [0.25, 0.3) is 61.4 Å². The highest BCUT2D eigenvalue weighted by Gasteiger charge is 2.27. The Kier molecular flexibility index (Phi) is 5.37. The van der Waals surface area contributed by atoms with Crippen molar-refractivity contribution in [2.24, 2.45) is 7.05 Å². The van der Waals surface area contributed by atoms with E-state index in [1.165, 1.54) is 6.07 Å². The van der Waals surface area contributed by atoms with Gasteiger partial charge in [-0.05, 0) is 47.9 Å². The van der Waals surface area contributed by atoms with Gasteiger partial charge in [-0.25, -0.2) is 4.57 Å². The molecule has 0 saturated heterocycles. The van der Waals surface area contributed by atoms with Gasteiger partial charge in [-0.1, -0.05) is 78.9 Å². The second-order valence-corrected chi connectivity index (χ2v) is 9.79. The molecule has 0 bridgehead atoms. The van der Waals surface area contributed by atoms with Crippen LogP contribution in [0.15, 0.2) is 120 Å². The van der Waals surface area contributed by atoms with Crippen LogP contribution in [0.5, 0.6) is 0 Å². The van der Waals surface area contributed by atoms with Crippen LogP contribution >= 0.6 is 0 Å². The van der Waals surface area contributed by atoms with Crippen molar-refractivity contribution in [1.29, 1.82) is 0 Å². The van der Waals surface area contributed by atoms with E-state index in [0.29, 0.717) is 11.3 Å². The van der Waals surface area contributed by atoms with E-state index in [4.69, 9.17) is 4.42 Å². The molecule has 0 saturated carbocycles. The topological polar surface area (TPSA) is 34.8 Å². The average Bonchev–Trinajstić information content (AvgIpc) is 3.51. The molecule has 4 aromatic carbocycles. The van der Waals surface area contributed by atoms with E-state index < -0.39 is 5.95 Å². The normalized spacial score (nSPS) is 11.5. The van der Waals surface area contributed by atoms with Crippen LogP contribution in [0.1, 0.15) is 5.56 Å². The Morgan fingerprint density at radius 2 is 1.41 bits per heavy atom. The van der Waals surface area contributed by atoms with Gasteiger partial charge in [0.2, 0.25) is 11.7 Å². The zero-order chi connectivity index (χ0) is 26.5. The first kappa shape index (κ1) is 23.1. The van der Waals surface area contributed by atoms with Gasteiger partial charge in [0.25, 0.3) is 5.82 Å². The number of hydrogen-bond donors (Lipinski definition) is 0. The zero-order valence-electron chi connectivity index (χ0n) is 21.6. The van der Waals surface area contributed by atoms with Gasteiger partial charge >= 0.3 is 0 Å². The highest BCUT2D eigenvalue weighted by molar-refractivity contribution is 6.05. The molecule has 7 aromatic rings. The Morgan fingerprint density at radius 3 is 2.08 bits per heavy atom. The molecule has 39 heavy (non-hydrogen) atoms.